The summed E-state index contributed by atoms with van der Waals surface area (Å²) in [5.74, 6) is -0.871. The summed E-state index contributed by atoms with van der Waals surface area (Å²) in [5.41, 5.74) is 2.22. The molecular weight excluding hydrogens is 298 g/mol. The number of aryl methyl sites for hydroxylation is 1. The van der Waals surface area contributed by atoms with E-state index in [0.717, 1.165) is 10.5 Å². The topological polar surface area (TPSA) is 55.4 Å². The lowest BCUT2D eigenvalue weighted by molar-refractivity contribution is -0.119. The molecule has 0 fully saturated rings. The van der Waals surface area contributed by atoms with Gasteiger partial charge in [0.25, 0.3) is 5.91 Å². The number of rotatable bonds is 5. The lowest BCUT2D eigenvalue weighted by Gasteiger charge is -2.07. The number of nitrogens with one attached hydrogen (secondary N) is 1. The van der Waals surface area contributed by atoms with E-state index in [1.165, 1.54) is 0 Å². The van der Waals surface area contributed by atoms with Crippen LogP contribution in [0, 0.1) is 6.92 Å². The molecule has 0 unspecified atom stereocenters. The van der Waals surface area contributed by atoms with Gasteiger partial charge in [0.15, 0.2) is 6.61 Å². The SMILES string of the molecule is CSc1ccc(C(=O)OCC(=O)Nc2ccc(C)cc2)cc1. The third-order valence-electron chi connectivity index (χ3n) is 3.00. The monoisotopic (exact) mass is 315 g/mol. The van der Waals surface area contributed by atoms with Crippen LogP contribution in [0.25, 0.3) is 0 Å². The van der Waals surface area contributed by atoms with E-state index in [9.17, 15) is 9.59 Å². The zero-order chi connectivity index (χ0) is 15.9. The van der Waals surface area contributed by atoms with Gasteiger partial charge in [-0.3, -0.25) is 4.79 Å². The van der Waals surface area contributed by atoms with Crippen molar-refractivity contribution in [3.63, 3.8) is 0 Å². The summed E-state index contributed by atoms with van der Waals surface area (Å²) >= 11 is 1.59. The number of esters is 1. The molecule has 0 atom stereocenters. The average Bonchev–Trinajstić information content (AvgIpc) is 2.55. The van der Waals surface area contributed by atoms with Crippen LogP contribution in [0.4, 0.5) is 5.69 Å². The van der Waals surface area contributed by atoms with Crippen molar-refractivity contribution in [3.05, 3.63) is 59.7 Å². The highest BCUT2D eigenvalue weighted by Crippen LogP contribution is 2.15. The highest BCUT2D eigenvalue weighted by atomic mass is 32.2. The summed E-state index contributed by atoms with van der Waals surface area (Å²) in [5, 5.41) is 2.67. The number of amides is 1. The van der Waals surface area contributed by atoms with Gasteiger partial charge in [0.05, 0.1) is 5.56 Å². The Morgan fingerprint density at radius 2 is 1.68 bits per heavy atom. The van der Waals surface area contributed by atoms with Gasteiger partial charge in [0.2, 0.25) is 0 Å². The van der Waals surface area contributed by atoms with E-state index >= 15 is 0 Å². The van der Waals surface area contributed by atoms with Gasteiger partial charge in [-0.25, -0.2) is 4.79 Å². The molecule has 4 nitrogen and oxygen atoms in total. The van der Waals surface area contributed by atoms with E-state index in [1.54, 1.807) is 36.0 Å². The van der Waals surface area contributed by atoms with E-state index in [2.05, 4.69) is 5.32 Å². The summed E-state index contributed by atoms with van der Waals surface area (Å²) in [7, 11) is 0. The number of carbonyl (C=O) groups excluding carboxylic acids is 2. The second-order valence-electron chi connectivity index (χ2n) is 4.72. The minimum absolute atomic E-state index is 0.309. The third kappa shape index (κ3) is 4.63. The van der Waals surface area contributed by atoms with Gasteiger partial charge in [-0.15, -0.1) is 11.8 Å². The van der Waals surface area contributed by atoms with Gasteiger partial charge in [0, 0.05) is 10.6 Å². The molecule has 2 rings (SSSR count). The molecule has 0 spiro atoms. The van der Waals surface area contributed by atoms with E-state index in [4.69, 9.17) is 4.74 Å². The highest BCUT2D eigenvalue weighted by Gasteiger charge is 2.10. The van der Waals surface area contributed by atoms with Crippen LogP contribution in [0.3, 0.4) is 0 Å². The smallest absolute Gasteiger partial charge is 0.338 e. The molecule has 2 aromatic rings. The molecule has 0 bridgehead atoms. The van der Waals surface area contributed by atoms with Crippen molar-refractivity contribution in [3.8, 4) is 0 Å². The Kier molecular flexibility index (Phi) is 5.61. The van der Waals surface area contributed by atoms with Crippen LogP contribution in [0.15, 0.2) is 53.4 Å². The molecule has 0 radical (unpaired) electrons. The summed E-state index contributed by atoms with van der Waals surface area (Å²) < 4.78 is 5.00. The largest absolute Gasteiger partial charge is 0.452 e. The van der Waals surface area contributed by atoms with Crippen LogP contribution in [0.2, 0.25) is 0 Å². The first kappa shape index (κ1) is 16.1. The zero-order valence-electron chi connectivity index (χ0n) is 12.5. The number of ether oxygens (including phenoxy) is 1. The fraction of sp³-hybridized carbons (Fsp3) is 0.176. The molecule has 0 aliphatic carbocycles. The maximum absolute atomic E-state index is 11.8. The number of carbonyl (C=O) groups is 2. The maximum atomic E-state index is 11.8. The molecule has 0 saturated heterocycles. The summed E-state index contributed by atoms with van der Waals surface area (Å²) in [6.07, 6.45) is 1.96. The number of thioether (sulfide) groups is 1. The lowest BCUT2D eigenvalue weighted by atomic mass is 10.2. The fourth-order valence-electron chi connectivity index (χ4n) is 1.78. The first-order valence-electron chi connectivity index (χ1n) is 6.76. The first-order chi connectivity index (χ1) is 10.6. The molecule has 5 heteroatoms. The Labute approximate surface area is 133 Å². The molecule has 2 aromatic carbocycles. The Morgan fingerprint density at radius 3 is 2.27 bits per heavy atom. The first-order valence-corrected chi connectivity index (χ1v) is 7.98. The van der Waals surface area contributed by atoms with Crippen molar-refractivity contribution in [2.45, 2.75) is 11.8 Å². The van der Waals surface area contributed by atoms with E-state index in [-0.39, 0.29) is 12.5 Å². The van der Waals surface area contributed by atoms with Gasteiger partial charge in [-0.1, -0.05) is 17.7 Å². The van der Waals surface area contributed by atoms with Crippen molar-refractivity contribution >= 4 is 29.3 Å². The summed E-state index contributed by atoms with van der Waals surface area (Å²) in [6, 6.07) is 14.5. The van der Waals surface area contributed by atoms with E-state index in [1.807, 2.05) is 37.4 Å². The minimum Gasteiger partial charge on any atom is -0.452 e. The van der Waals surface area contributed by atoms with Gasteiger partial charge in [-0.05, 0) is 49.6 Å². The molecule has 0 aliphatic rings. The van der Waals surface area contributed by atoms with Crippen molar-refractivity contribution in [1.29, 1.82) is 0 Å². The Balaban J connectivity index is 1.84. The van der Waals surface area contributed by atoms with E-state index < -0.39 is 5.97 Å². The van der Waals surface area contributed by atoms with Crippen LogP contribution < -0.4 is 5.32 Å². The van der Waals surface area contributed by atoms with Crippen molar-refractivity contribution in [1.82, 2.24) is 0 Å². The Hall–Kier alpha value is -2.27. The highest BCUT2D eigenvalue weighted by molar-refractivity contribution is 7.98. The van der Waals surface area contributed by atoms with Gasteiger partial charge >= 0.3 is 5.97 Å². The Morgan fingerprint density at radius 1 is 1.05 bits per heavy atom. The quantitative estimate of drug-likeness (QED) is 0.677. The average molecular weight is 315 g/mol. The van der Waals surface area contributed by atoms with Crippen molar-refractivity contribution in [2.24, 2.45) is 0 Å². The third-order valence-corrected chi connectivity index (χ3v) is 3.74. The minimum atomic E-state index is -0.508. The van der Waals surface area contributed by atoms with Crippen LogP contribution >= 0.6 is 11.8 Å². The molecule has 114 valence electrons. The second-order valence-corrected chi connectivity index (χ2v) is 5.60. The van der Waals surface area contributed by atoms with Crippen LogP contribution in [0.1, 0.15) is 15.9 Å². The lowest BCUT2D eigenvalue weighted by Crippen LogP contribution is -2.20. The van der Waals surface area contributed by atoms with Crippen molar-refractivity contribution in [2.75, 3.05) is 18.2 Å². The number of hydrogen-bond acceptors (Lipinski definition) is 4. The number of hydrogen-bond donors (Lipinski definition) is 1. The number of anilines is 1. The molecular formula is C17H17NO3S. The molecule has 1 amide bonds. The predicted octanol–water partition coefficient (Wildman–Crippen LogP) is 3.51. The summed E-state index contributed by atoms with van der Waals surface area (Å²) in [6.45, 7) is 1.66. The Bertz CT molecular complexity index is 651. The van der Waals surface area contributed by atoms with E-state index in [0.29, 0.717) is 11.3 Å². The van der Waals surface area contributed by atoms with Crippen molar-refractivity contribution < 1.29 is 14.3 Å². The van der Waals surface area contributed by atoms with Gasteiger partial charge in [-0.2, -0.15) is 0 Å². The van der Waals surface area contributed by atoms with Crippen LogP contribution in [-0.4, -0.2) is 24.7 Å². The molecule has 0 aromatic heterocycles. The van der Waals surface area contributed by atoms with Crippen LogP contribution in [0.5, 0.6) is 0 Å². The number of benzene rings is 2. The zero-order valence-corrected chi connectivity index (χ0v) is 13.3. The van der Waals surface area contributed by atoms with Gasteiger partial charge in [0.1, 0.15) is 0 Å². The molecule has 1 N–H and O–H groups in total. The normalized spacial score (nSPS) is 10.1. The second kappa shape index (κ2) is 7.66. The molecule has 0 saturated carbocycles. The molecule has 0 heterocycles. The predicted molar refractivity (Wildman–Crippen MR) is 88.3 cm³/mol. The fourth-order valence-corrected chi connectivity index (χ4v) is 2.18. The summed E-state index contributed by atoms with van der Waals surface area (Å²) in [4.78, 5) is 24.6. The maximum Gasteiger partial charge on any atom is 0.338 e. The van der Waals surface area contributed by atoms with Gasteiger partial charge < -0.3 is 10.1 Å². The molecule has 22 heavy (non-hydrogen) atoms. The van der Waals surface area contributed by atoms with Crippen LogP contribution in [-0.2, 0) is 9.53 Å². The standard InChI is InChI=1S/C17H17NO3S/c1-12-3-7-14(8-4-12)18-16(19)11-21-17(20)13-5-9-15(22-2)10-6-13/h3-10H,11H2,1-2H3,(H,18,19). The molecule has 0 aliphatic heterocycles.